The van der Waals surface area contributed by atoms with Crippen LogP contribution in [-0.2, 0) is 42.6 Å². The van der Waals surface area contributed by atoms with Gasteiger partial charge in [0.05, 0.1) is 46.1 Å². The number of aromatic amines is 1. The normalized spacial score (nSPS) is 19.2. The van der Waals surface area contributed by atoms with Gasteiger partial charge in [0.1, 0.15) is 77.3 Å². The number of benzene rings is 6. The van der Waals surface area contributed by atoms with Crippen molar-refractivity contribution in [1.82, 2.24) is 59.0 Å². The number of esters is 6. The maximum Gasteiger partial charge on any atom is 1.00 e. The number of alkyl halides is 1. The van der Waals surface area contributed by atoms with Gasteiger partial charge >= 0.3 is 88.5 Å². The molecule has 0 saturated carbocycles. The number of aliphatic hydroxyl groups excluding tert-OH is 3. The molecule has 3 aliphatic rings. The SMILES string of the molecule is C.C.CC#N.C[O-].C[Si](C)(C)Nc1ncnc(O[Si](C)(C)C)n1.Nc1ncn([C@@H]2O[C@H](CO)[C@H](O)C2O)c(=O)n1.Nc1ncn([C@@H]2O[C@H](COC(=O)c3ccccc3)[C@@H](OC(=O)c3ccccc3)C2OC(=O)c2ccccc2)c(=O)n1.Nc1ncnc(=O)[nH]1.O=C(OC[C@H]1OC(Cl)C(OC(=O)c2ccccc2)[C@@H]1OC(=O)c1ccccc1)c1ccccc1.[Na+]. The Balaban J connectivity index is 0.000000346. The number of carbonyl (C=O) groups is 6. The van der Waals surface area contributed by atoms with Crippen LogP contribution in [0.25, 0.3) is 0 Å². The first kappa shape index (κ1) is 104. The molecule has 0 spiro atoms. The molecule has 6 aromatic carbocycles. The summed E-state index contributed by atoms with van der Waals surface area (Å²) in [6, 6.07) is 51.7. The van der Waals surface area contributed by atoms with Gasteiger partial charge in [0.25, 0.3) is 0 Å². The molecular weight excluding hydrogens is 1680 g/mol. The van der Waals surface area contributed by atoms with Gasteiger partial charge in [0, 0.05) is 6.92 Å². The second kappa shape index (κ2) is 51.4. The van der Waals surface area contributed by atoms with Crippen LogP contribution in [0.2, 0.25) is 39.3 Å². The number of H-pyrrole nitrogens is 1. The Morgan fingerprint density at radius 1 is 0.508 bits per heavy atom. The van der Waals surface area contributed by atoms with Crippen molar-refractivity contribution >= 4 is 87.8 Å². The van der Waals surface area contributed by atoms with Gasteiger partial charge in [-0.1, -0.05) is 155 Å². The van der Waals surface area contributed by atoms with Crippen molar-refractivity contribution < 1.29 is 126 Å². The van der Waals surface area contributed by atoms with E-state index in [2.05, 4.69) is 94.1 Å². The smallest absolute Gasteiger partial charge is 0.857 e. The molecule has 124 heavy (non-hydrogen) atoms. The van der Waals surface area contributed by atoms with Gasteiger partial charge < -0.3 is 89.7 Å². The van der Waals surface area contributed by atoms with Crippen LogP contribution in [0.15, 0.2) is 222 Å². The van der Waals surface area contributed by atoms with Gasteiger partial charge in [0.15, 0.2) is 42.4 Å². The van der Waals surface area contributed by atoms with E-state index >= 15 is 0 Å². The van der Waals surface area contributed by atoms with Crippen molar-refractivity contribution in [2.45, 2.75) is 134 Å². The molecular formula is C80H95ClN17NaO23Si2. The van der Waals surface area contributed by atoms with E-state index in [1.54, 1.807) is 176 Å². The molecule has 0 amide bonds. The Hall–Kier alpha value is -12.5. The number of anilines is 4. The molecule has 3 aliphatic heterocycles. The Morgan fingerprint density at radius 2 is 0.855 bits per heavy atom. The molecule has 0 radical (unpaired) electrons. The number of nitriles is 1. The third-order valence-corrected chi connectivity index (χ3v) is 18.0. The third kappa shape index (κ3) is 32.4. The molecule has 4 aromatic heterocycles. The molecule has 44 heteroatoms. The molecule has 11 N–H and O–H groups in total. The van der Waals surface area contributed by atoms with Gasteiger partial charge in [-0.05, 0) is 92.4 Å². The van der Waals surface area contributed by atoms with Gasteiger partial charge in [0.2, 0.25) is 32.1 Å². The predicted molar refractivity (Wildman–Crippen MR) is 447 cm³/mol. The molecule has 4 unspecified atom stereocenters. The molecule has 3 saturated heterocycles. The molecule has 10 aromatic rings. The summed E-state index contributed by atoms with van der Waals surface area (Å²) in [5, 5.41) is 43.7. The summed E-state index contributed by atoms with van der Waals surface area (Å²) in [6.07, 6.45) is -8.37. The quantitative estimate of drug-likeness (QED) is 0.0221. The zero-order valence-electron chi connectivity index (χ0n) is 67.2. The number of hydrogen-bond acceptors (Lipinski definition) is 37. The van der Waals surface area contributed by atoms with E-state index < -0.39 is 156 Å². The maximum atomic E-state index is 13.1. The number of nitrogen functional groups attached to an aromatic ring is 3. The molecule has 0 aliphatic carbocycles. The van der Waals surface area contributed by atoms with E-state index in [0.717, 1.165) is 35.2 Å². The van der Waals surface area contributed by atoms with Crippen LogP contribution in [0.1, 0.15) is 96.4 Å². The van der Waals surface area contributed by atoms with E-state index in [4.69, 9.17) is 91.3 Å². The van der Waals surface area contributed by atoms with Gasteiger partial charge in [-0.2, -0.15) is 37.3 Å². The third-order valence-electron chi connectivity index (χ3n) is 15.9. The molecule has 3 fully saturated rings. The topological polar surface area (TPSA) is 585 Å². The predicted octanol–water partition coefficient (Wildman–Crippen LogP) is 2.38. The Labute approximate surface area is 740 Å². The van der Waals surface area contributed by atoms with E-state index in [0.29, 0.717) is 28.6 Å². The monoisotopic (exact) mass is 1780 g/mol. The Bertz CT molecular complexity index is 5190. The number of hydrogen-bond donors (Lipinski definition) is 8. The van der Waals surface area contributed by atoms with E-state index in [9.17, 15) is 53.4 Å². The molecule has 654 valence electrons. The molecule has 13 rings (SSSR count). The Morgan fingerprint density at radius 3 is 1.20 bits per heavy atom. The number of carbonyl (C=O) groups excluding carboxylic acids is 6. The summed E-state index contributed by atoms with van der Waals surface area (Å²) in [7, 11) is -2.33. The van der Waals surface area contributed by atoms with Gasteiger partial charge in [-0.25, -0.2) is 63.1 Å². The average molecular weight is 1780 g/mol. The zero-order chi connectivity index (χ0) is 88.3. The maximum absolute atomic E-state index is 13.1. The second-order valence-electron chi connectivity index (χ2n) is 27.1. The fourth-order valence-electron chi connectivity index (χ4n) is 10.6. The average Bonchev–Trinajstić information content (AvgIpc) is 1.64. The summed E-state index contributed by atoms with van der Waals surface area (Å²) in [4.78, 5) is 150. The molecule has 7 heterocycles. The minimum atomic E-state index is -1.65. The first-order valence-corrected chi connectivity index (χ1v) is 43.7. The Kier molecular flexibility index (Phi) is 43.1. The van der Waals surface area contributed by atoms with Crippen LogP contribution in [0, 0.1) is 11.3 Å². The van der Waals surface area contributed by atoms with Crippen molar-refractivity contribution in [1.29, 1.82) is 5.26 Å². The van der Waals surface area contributed by atoms with Crippen molar-refractivity contribution in [3.8, 4) is 12.1 Å². The molecule has 12 atom stereocenters. The molecule has 40 nitrogen and oxygen atoms in total. The number of rotatable bonds is 21. The zero-order valence-corrected chi connectivity index (χ0v) is 71.9. The van der Waals surface area contributed by atoms with Crippen molar-refractivity contribution in [2.75, 3.05) is 49.1 Å². The van der Waals surface area contributed by atoms with Crippen LogP contribution in [0.3, 0.4) is 0 Å². The molecule has 0 bridgehead atoms. The summed E-state index contributed by atoms with van der Waals surface area (Å²) in [5.41, 5.74) is 14.3. The largest absolute Gasteiger partial charge is 1.00 e. The van der Waals surface area contributed by atoms with Crippen LogP contribution < -0.4 is 78.3 Å². The second-order valence-corrected chi connectivity index (χ2v) is 36.7. The van der Waals surface area contributed by atoms with Crippen molar-refractivity contribution in [2.24, 2.45) is 0 Å². The first-order valence-electron chi connectivity index (χ1n) is 36.4. The van der Waals surface area contributed by atoms with E-state index in [-0.39, 0.29) is 85.6 Å². The summed E-state index contributed by atoms with van der Waals surface area (Å²) < 4.78 is 58.1. The van der Waals surface area contributed by atoms with Gasteiger partial charge in [-0.3, -0.25) is 14.1 Å². The first-order chi connectivity index (χ1) is 57.8. The van der Waals surface area contributed by atoms with Crippen molar-refractivity contribution in [3.05, 3.63) is 272 Å². The van der Waals surface area contributed by atoms with Crippen LogP contribution >= 0.6 is 11.6 Å². The van der Waals surface area contributed by atoms with Crippen molar-refractivity contribution in [3.63, 3.8) is 0 Å². The minimum Gasteiger partial charge on any atom is -0.857 e. The summed E-state index contributed by atoms with van der Waals surface area (Å²) in [6.45, 7) is 13.2. The minimum absolute atomic E-state index is 0. The summed E-state index contributed by atoms with van der Waals surface area (Å²) >= 11 is 6.33. The fraction of sp³-hybridized carbons (Fsp3) is 0.312. The number of halogens is 1. The van der Waals surface area contributed by atoms with E-state index in [1.165, 1.54) is 25.4 Å². The number of nitrogens with one attached hydrogen (secondary N) is 2. The number of ether oxygens (including phenoxy) is 9. The number of aliphatic hydroxyl groups is 3. The van der Waals surface area contributed by atoms with Gasteiger partial charge in [-0.15, -0.1) is 0 Å². The van der Waals surface area contributed by atoms with E-state index in [1.807, 2.05) is 0 Å². The van der Waals surface area contributed by atoms with Crippen LogP contribution in [0.5, 0.6) is 6.01 Å². The van der Waals surface area contributed by atoms with Crippen LogP contribution in [-0.4, -0.2) is 214 Å². The number of aromatic nitrogens is 12. The standard InChI is InChI=1S/C29H24N4O8.C26H21ClO7.C9H20N4OSi2.C8H12N4O5.C3H4N4O.C2H3N.CH3O.2CH4.Na/c30-28-31-17-33(29(37)32-28)24-23(41-27(36)20-14-8-3-9-15-20)22(40-26(35)19-12-6-2-7-13-19)21(39-24)16-38-25(34)18-10-4-1-5-11-18;27-23-22(34-26(30)19-14-8-3-9-15-19)21(33-25(29)18-12-6-2-7-13-18)20(32-23)16-31-24(28)17-10-4-1-5-11-17;1-15(2,3)13-8-10-7-11-9(12-8)14-16(4,5)6;9-7-10-2-12(8(16)11-7)6-5(15)4(14)3(1-13)17-6;4-2-5-1-6-3(8)7-2;1-2-3;1-2;;;/h1-15,17,21-24H,16H2,(H2,30,32,37);1-15,20-23H,16H2;7H,1-6H3,(H,10,11,12,13);2-6,13-15H,1H2,(H2,9,11,16);1H,(H3,4,5,6,7,8);1H3;1H3;2*1H4;/q;;;;;;-1;;;+1/t21-,22-,23?,24-;20-,21-,22?,23?;;3-,4+,5?,6-;;;;;;/m11.1....../s1. The number of nitrogens with zero attached hydrogens (tertiary/aromatic N) is 12. The number of nitrogens with two attached hydrogens (primary N) is 3. The summed E-state index contributed by atoms with van der Waals surface area (Å²) in [5.74, 6) is -3.82. The van der Waals surface area contributed by atoms with Crippen LogP contribution in [0.4, 0.5) is 23.8 Å². The fourth-order valence-corrected chi connectivity index (χ4v) is 12.4.